The molecule has 1 aliphatic heterocycles. The molecule has 5 heteroatoms. The molecular weight excluding hydrogens is 302 g/mol. The minimum Gasteiger partial charge on any atom is -0.303 e. The Bertz CT molecular complexity index is 499. The Balaban J connectivity index is 1.75. The van der Waals surface area contributed by atoms with Crippen LogP contribution in [-0.4, -0.2) is 49.8 Å². The predicted molar refractivity (Wildman–Crippen MR) is 97.9 cm³/mol. The summed E-state index contributed by atoms with van der Waals surface area (Å²) in [6, 6.07) is 0.849. The second-order valence-electron chi connectivity index (χ2n) is 6.32. The third-order valence-electron chi connectivity index (χ3n) is 4.53. The van der Waals surface area contributed by atoms with Crippen molar-refractivity contribution in [3.63, 3.8) is 0 Å². The highest BCUT2D eigenvalue weighted by atomic mass is 16.6. The van der Waals surface area contributed by atoms with Gasteiger partial charge in [-0.1, -0.05) is 30.9 Å². The molecule has 1 aliphatic carbocycles. The summed E-state index contributed by atoms with van der Waals surface area (Å²) < 4.78 is 0. The van der Waals surface area contributed by atoms with Gasteiger partial charge in [0.1, 0.15) is 12.1 Å². The molecule has 2 rings (SSSR count). The lowest BCUT2D eigenvalue weighted by Gasteiger charge is -2.32. The Morgan fingerprint density at radius 1 is 1.33 bits per heavy atom. The lowest BCUT2D eigenvalue weighted by atomic mass is 9.95. The maximum atomic E-state index is 10.4. The first-order valence-electron chi connectivity index (χ1n) is 8.78. The van der Waals surface area contributed by atoms with Crippen LogP contribution in [0.4, 0.5) is 0 Å². The van der Waals surface area contributed by atoms with Crippen LogP contribution < -0.4 is 5.48 Å². The van der Waals surface area contributed by atoms with Crippen molar-refractivity contribution in [3.05, 3.63) is 36.5 Å². The Kier molecular flexibility index (Phi) is 7.92. The van der Waals surface area contributed by atoms with E-state index in [0.29, 0.717) is 18.9 Å². The van der Waals surface area contributed by atoms with Gasteiger partial charge in [-0.05, 0) is 44.3 Å². The molecule has 0 aromatic carbocycles. The Hall–Kier alpha value is -1.72. The van der Waals surface area contributed by atoms with Crippen LogP contribution in [0.25, 0.3) is 0 Å². The summed E-state index contributed by atoms with van der Waals surface area (Å²) >= 11 is 0. The zero-order valence-electron chi connectivity index (χ0n) is 14.6. The lowest BCUT2D eigenvalue weighted by Crippen LogP contribution is -2.41. The van der Waals surface area contributed by atoms with Gasteiger partial charge in [0.25, 0.3) is 0 Å². The molecule has 1 heterocycles. The van der Waals surface area contributed by atoms with E-state index in [9.17, 15) is 4.79 Å². The second-order valence-corrected chi connectivity index (χ2v) is 6.32. The van der Waals surface area contributed by atoms with Gasteiger partial charge in [0.15, 0.2) is 0 Å². The maximum absolute atomic E-state index is 10.4. The van der Waals surface area contributed by atoms with Gasteiger partial charge in [0.05, 0.1) is 6.61 Å². The predicted octanol–water partition coefficient (Wildman–Crippen LogP) is 2.67. The first kappa shape index (κ1) is 18.6. The first-order valence-corrected chi connectivity index (χ1v) is 8.78. The second kappa shape index (κ2) is 10.2. The van der Waals surface area contributed by atoms with Gasteiger partial charge in [-0.15, -0.1) is 0 Å². The standard InChI is InChI=1S/C19H29N3O2/c1-3-6-16(7-4-5-14-23)15-24-21-19(20-2)17-10-12-22(13-11-17)18-8-9-18/h3-4,6-7,14,17-18H,1,5,8-13,15H2,2H3,(H,20,21)/b7-4-,16-6+. The fourth-order valence-electron chi connectivity index (χ4n) is 3.06. The molecule has 0 aromatic heterocycles. The number of carbonyl (C=O) groups excluding carboxylic acids is 1. The number of likely N-dealkylation sites (tertiary alicyclic amines) is 1. The average molecular weight is 331 g/mol. The molecule has 1 N–H and O–H groups in total. The Morgan fingerprint density at radius 3 is 2.67 bits per heavy atom. The van der Waals surface area contributed by atoms with Crippen LogP contribution in [0.5, 0.6) is 0 Å². The van der Waals surface area contributed by atoms with Crippen molar-refractivity contribution in [2.24, 2.45) is 10.9 Å². The number of rotatable bonds is 9. The normalized spacial score (nSPS) is 21.2. The van der Waals surface area contributed by atoms with Crippen LogP contribution in [0.2, 0.25) is 0 Å². The quantitative estimate of drug-likeness (QED) is 0.232. The van der Waals surface area contributed by atoms with Crippen LogP contribution in [0.3, 0.4) is 0 Å². The number of aldehydes is 1. The summed E-state index contributed by atoms with van der Waals surface area (Å²) in [5.41, 5.74) is 3.99. The van der Waals surface area contributed by atoms with E-state index in [1.165, 1.54) is 12.8 Å². The van der Waals surface area contributed by atoms with Crippen molar-refractivity contribution in [2.45, 2.75) is 38.1 Å². The van der Waals surface area contributed by atoms with E-state index in [4.69, 9.17) is 4.84 Å². The summed E-state index contributed by atoms with van der Waals surface area (Å²) in [5.74, 6) is 1.38. The highest BCUT2D eigenvalue weighted by Crippen LogP contribution is 2.30. The largest absolute Gasteiger partial charge is 0.303 e. The number of nitrogens with one attached hydrogen (secondary N) is 1. The molecule has 1 saturated heterocycles. The molecule has 0 bridgehead atoms. The van der Waals surface area contributed by atoms with E-state index >= 15 is 0 Å². The molecule has 0 spiro atoms. The van der Waals surface area contributed by atoms with Crippen LogP contribution >= 0.6 is 0 Å². The molecule has 5 nitrogen and oxygen atoms in total. The zero-order valence-corrected chi connectivity index (χ0v) is 14.6. The van der Waals surface area contributed by atoms with Crippen molar-refractivity contribution in [1.82, 2.24) is 10.4 Å². The molecule has 0 unspecified atom stereocenters. The molecule has 0 amide bonds. The van der Waals surface area contributed by atoms with Crippen LogP contribution in [-0.2, 0) is 9.63 Å². The van der Waals surface area contributed by atoms with Gasteiger partial charge in [0, 0.05) is 25.4 Å². The SMILES string of the molecule is C=C/C=C(\C=C/CC=O)CONC(=NC)C1CCN(C2CC2)CC1. The maximum Gasteiger partial charge on any atom is 0.123 e. The topological polar surface area (TPSA) is 53.9 Å². The van der Waals surface area contributed by atoms with E-state index in [2.05, 4.69) is 22.0 Å². The fourth-order valence-corrected chi connectivity index (χ4v) is 3.06. The minimum atomic E-state index is 0.404. The summed E-state index contributed by atoms with van der Waals surface area (Å²) in [7, 11) is 1.81. The molecule has 2 fully saturated rings. The zero-order chi connectivity index (χ0) is 17.2. The van der Waals surface area contributed by atoms with Gasteiger partial charge in [-0.3, -0.25) is 15.3 Å². The number of hydrogen-bond donors (Lipinski definition) is 1. The third kappa shape index (κ3) is 6.06. The average Bonchev–Trinajstić information content (AvgIpc) is 3.44. The van der Waals surface area contributed by atoms with Gasteiger partial charge in [0.2, 0.25) is 0 Å². The highest BCUT2D eigenvalue weighted by molar-refractivity contribution is 5.83. The number of allylic oxidation sites excluding steroid dienone is 3. The molecule has 1 saturated carbocycles. The van der Waals surface area contributed by atoms with E-state index in [1.807, 2.05) is 25.3 Å². The van der Waals surface area contributed by atoms with E-state index in [-0.39, 0.29) is 0 Å². The van der Waals surface area contributed by atoms with Crippen molar-refractivity contribution in [3.8, 4) is 0 Å². The summed E-state index contributed by atoms with van der Waals surface area (Å²) in [4.78, 5) is 23.0. The van der Waals surface area contributed by atoms with Crippen molar-refractivity contribution >= 4 is 12.1 Å². The molecule has 24 heavy (non-hydrogen) atoms. The highest BCUT2D eigenvalue weighted by Gasteiger charge is 2.33. The third-order valence-corrected chi connectivity index (χ3v) is 4.53. The van der Waals surface area contributed by atoms with Crippen molar-refractivity contribution < 1.29 is 9.63 Å². The van der Waals surface area contributed by atoms with E-state index in [0.717, 1.165) is 49.7 Å². The summed E-state index contributed by atoms with van der Waals surface area (Å²) in [5, 5.41) is 0. The first-order chi connectivity index (χ1) is 11.8. The van der Waals surface area contributed by atoms with E-state index < -0.39 is 0 Å². The Morgan fingerprint density at radius 2 is 2.08 bits per heavy atom. The fraction of sp³-hybridized carbons (Fsp3) is 0.579. The summed E-state index contributed by atoms with van der Waals surface area (Å²) in [6.07, 6.45) is 13.6. The van der Waals surface area contributed by atoms with Crippen LogP contribution in [0.15, 0.2) is 41.4 Å². The van der Waals surface area contributed by atoms with Crippen LogP contribution in [0.1, 0.15) is 32.1 Å². The van der Waals surface area contributed by atoms with Gasteiger partial charge >= 0.3 is 0 Å². The van der Waals surface area contributed by atoms with Crippen molar-refractivity contribution in [1.29, 1.82) is 0 Å². The van der Waals surface area contributed by atoms with Gasteiger partial charge < -0.3 is 9.69 Å². The lowest BCUT2D eigenvalue weighted by molar-refractivity contribution is -0.107. The van der Waals surface area contributed by atoms with Crippen LogP contribution in [0, 0.1) is 5.92 Å². The number of piperidine rings is 1. The van der Waals surface area contributed by atoms with Gasteiger partial charge in [-0.25, -0.2) is 0 Å². The molecule has 0 aromatic rings. The number of hydroxylamine groups is 1. The number of aliphatic imine (C=N–C) groups is 1. The summed E-state index contributed by atoms with van der Waals surface area (Å²) in [6.45, 7) is 6.43. The molecule has 2 aliphatic rings. The molecule has 132 valence electrons. The number of carbonyl (C=O) groups is 1. The monoisotopic (exact) mass is 331 g/mol. The minimum absolute atomic E-state index is 0.404. The molecule has 0 atom stereocenters. The number of amidine groups is 1. The van der Waals surface area contributed by atoms with E-state index in [1.54, 1.807) is 6.08 Å². The number of hydrogen-bond acceptors (Lipinski definition) is 4. The molecule has 0 radical (unpaired) electrons. The van der Waals surface area contributed by atoms with Crippen molar-refractivity contribution in [2.75, 3.05) is 26.7 Å². The number of nitrogens with zero attached hydrogens (tertiary/aromatic N) is 2. The van der Waals surface area contributed by atoms with Gasteiger partial charge in [-0.2, -0.15) is 0 Å². The Labute approximate surface area is 145 Å². The molecular formula is C19H29N3O2. The smallest absolute Gasteiger partial charge is 0.123 e.